The quantitative estimate of drug-likeness (QED) is 0.172. The lowest BCUT2D eigenvalue weighted by Gasteiger charge is -2.19. The van der Waals surface area contributed by atoms with Gasteiger partial charge >= 0.3 is 0 Å². The topological polar surface area (TPSA) is 118 Å². The molecule has 2 aliphatic heterocycles. The molecule has 3 aromatic carbocycles. The predicted octanol–water partition coefficient (Wildman–Crippen LogP) is 6.32. The van der Waals surface area contributed by atoms with Gasteiger partial charge in [-0.25, -0.2) is 4.39 Å². The van der Waals surface area contributed by atoms with E-state index in [9.17, 15) is 14.4 Å². The fraction of sp³-hybridized carbons (Fsp3) is 0.286. The second kappa shape index (κ2) is 14.6. The number of hydrogen-bond donors (Lipinski definition) is 3. The maximum atomic E-state index is 13.2. The summed E-state index contributed by atoms with van der Waals surface area (Å²) in [6.45, 7) is 3.30. The molecule has 0 saturated carbocycles. The van der Waals surface area contributed by atoms with Gasteiger partial charge in [0.1, 0.15) is 36.1 Å². The minimum Gasteiger partial charge on any atom is -0.487 e. The first-order valence-corrected chi connectivity index (χ1v) is 15.5. The van der Waals surface area contributed by atoms with Crippen molar-refractivity contribution in [2.75, 3.05) is 31.6 Å². The number of aromatic nitrogens is 1. The number of nitriles is 1. The highest BCUT2D eigenvalue weighted by molar-refractivity contribution is 6.32. The van der Waals surface area contributed by atoms with Crippen LogP contribution in [0.4, 0.5) is 15.8 Å². The fourth-order valence-corrected chi connectivity index (χ4v) is 5.65. The van der Waals surface area contributed by atoms with Gasteiger partial charge in [-0.2, -0.15) is 5.26 Å². The molecule has 2 aliphatic rings. The minimum atomic E-state index is -0.313. The Morgan fingerprint density at radius 2 is 1.98 bits per heavy atom. The number of pyridine rings is 1. The van der Waals surface area contributed by atoms with Crippen LogP contribution >= 0.6 is 11.6 Å². The molecule has 236 valence electrons. The molecular weight excluding hydrogens is 609 g/mol. The Hall–Kier alpha value is -4.69. The van der Waals surface area contributed by atoms with Gasteiger partial charge in [-0.1, -0.05) is 29.3 Å². The zero-order chi connectivity index (χ0) is 31.9. The second-order valence-electron chi connectivity index (χ2n) is 11.2. The molecule has 1 unspecified atom stereocenters. The van der Waals surface area contributed by atoms with E-state index in [0.717, 1.165) is 49.1 Å². The molecule has 0 aliphatic carbocycles. The normalized spacial score (nSPS) is 16.1. The summed E-state index contributed by atoms with van der Waals surface area (Å²) in [5.41, 5.74) is 4.81. The zero-order valence-electron chi connectivity index (χ0n) is 25.1. The minimum absolute atomic E-state index is 0.106. The standard InChI is InChI=1S/C35H33ClFN5O4/c36-30-15-27(5-6-32(30)45-20-23-1-3-26(37)4-2-23)42-35-25(17-38)19-40-31-16-33(46-28-9-12-44-21-28)24(14-29(31)35)18-41-34(43)13-22-7-10-39-11-8-22/h1-6,13-16,19,28,39H,7-12,18,20-21H2,(H,40,42)(H,41,43). The summed E-state index contributed by atoms with van der Waals surface area (Å²) in [6.07, 6.45) is 5.56. The van der Waals surface area contributed by atoms with Crippen LogP contribution in [0.5, 0.6) is 11.5 Å². The smallest absolute Gasteiger partial charge is 0.244 e. The van der Waals surface area contributed by atoms with Crippen molar-refractivity contribution in [2.45, 2.75) is 38.5 Å². The highest BCUT2D eigenvalue weighted by Crippen LogP contribution is 2.36. The lowest BCUT2D eigenvalue weighted by molar-refractivity contribution is -0.116. The van der Waals surface area contributed by atoms with Crippen molar-refractivity contribution < 1.29 is 23.4 Å². The average molecular weight is 642 g/mol. The van der Waals surface area contributed by atoms with E-state index in [2.05, 4.69) is 27.0 Å². The van der Waals surface area contributed by atoms with Crippen molar-refractivity contribution in [3.63, 3.8) is 0 Å². The van der Waals surface area contributed by atoms with Crippen LogP contribution in [0.25, 0.3) is 10.9 Å². The van der Waals surface area contributed by atoms with Crippen molar-refractivity contribution in [1.29, 1.82) is 5.26 Å². The van der Waals surface area contributed by atoms with Crippen molar-refractivity contribution >= 4 is 39.8 Å². The zero-order valence-corrected chi connectivity index (χ0v) is 25.8. The van der Waals surface area contributed by atoms with E-state index in [1.807, 2.05) is 12.1 Å². The number of fused-ring (bicyclic) bond motifs is 1. The van der Waals surface area contributed by atoms with E-state index < -0.39 is 0 Å². The Morgan fingerprint density at radius 3 is 2.72 bits per heavy atom. The summed E-state index contributed by atoms with van der Waals surface area (Å²) in [4.78, 5) is 17.4. The van der Waals surface area contributed by atoms with E-state index in [1.165, 1.54) is 18.3 Å². The Labute approximate surface area is 271 Å². The fourth-order valence-electron chi connectivity index (χ4n) is 5.41. The van der Waals surface area contributed by atoms with Gasteiger partial charge in [-0.15, -0.1) is 0 Å². The lowest BCUT2D eigenvalue weighted by Crippen LogP contribution is -2.26. The Kier molecular flexibility index (Phi) is 9.94. The molecule has 11 heteroatoms. The van der Waals surface area contributed by atoms with E-state index in [1.54, 1.807) is 36.4 Å². The number of piperidine rings is 1. The van der Waals surface area contributed by atoms with Crippen LogP contribution in [0.3, 0.4) is 0 Å². The lowest BCUT2D eigenvalue weighted by atomic mass is 10.0. The summed E-state index contributed by atoms with van der Waals surface area (Å²) in [7, 11) is 0. The molecule has 0 bridgehead atoms. The Balaban J connectivity index is 1.27. The maximum Gasteiger partial charge on any atom is 0.244 e. The first-order valence-electron chi connectivity index (χ1n) is 15.2. The third-order valence-electron chi connectivity index (χ3n) is 7.90. The summed E-state index contributed by atoms with van der Waals surface area (Å²) in [5.74, 6) is 0.594. The van der Waals surface area contributed by atoms with Crippen molar-refractivity contribution in [1.82, 2.24) is 15.6 Å². The van der Waals surface area contributed by atoms with Crippen LogP contribution in [0.2, 0.25) is 5.02 Å². The van der Waals surface area contributed by atoms with Gasteiger partial charge in [0.15, 0.2) is 0 Å². The molecule has 2 saturated heterocycles. The number of carbonyl (C=O) groups is 1. The third kappa shape index (κ3) is 7.74. The first-order chi connectivity index (χ1) is 22.4. The third-order valence-corrected chi connectivity index (χ3v) is 8.19. The number of nitrogens with one attached hydrogen (secondary N) is 3. The largest absolute Gasteiger partial charge is 0.487 e. The molecule has 1 amide bonds. The number of hydrogen-bond acceptors (Lipinski definition) is 8. The van der Waals surface area contributed by atoms with Crippen molar-refractivity contribution in [3.8, 4) is 17.6 Å². The van der Waals surface area contributed by atoms with Crippen LogP contribution in [-0.2, 0) is 22.7 Å². The molecular formula is C35H33ClFN5O4. The molecule has 1 aromatic heterocycles. The van der Waals surface area contributed by atoms with Crippen LogP contribution < -0.4 is 25.4 Å². The van der Waals surface area contributed by atoms with Crippen molar-refractivity contribution in [3.05, 3.63) is 100.0 Å². The van der Waals surface area contributed by atoms with E-state index in [0.29, 0.717) is 57.6 Å². The van der Waals surface area contributed by atoms with Gasteiger partial charge in [0, 0.05) is 47.9 Å². The highest BCUT2D eigenvalue weighted by atomic mass is 35.5. The van der Waals surface area contributed by atoms with Gasteiger partial charge in [-0.05, 0) is 67.9 Å². The molecule has 4 aromatic rings. The van der Waals surface area contributed by atoms with Crippen LogP contribution in [-0.4, -0.2) is 43.3 Å². The molecule has 6 rings (SSSR count). The van der Waals surface area contributed by atoms with Crippen LogP contribution in [0.1, 0.15) is 36.0 Å². The molecule has 3 N–H and O–H groups in total. The SMILES string of the molecule is N#Cc1cnc2cc(OC3CCOC3)c(CNC(=O)C=C3CCNCC3)cc2c1Nc1ccc(OCc2ccc(F)cc2)c(Cl)c1. The van der Waals surface area contributed by atoms with Gasteiger partial charge in [0.25, 0.3) is 0 Å². The monoisotopic (exact) mass is 641 g/mol. The summed E-state index contributed by atoms with van der Waals surface area (Å²) in [6, 6.07) is 17.3. The van der Waals surface area contributed by atoms with Gasteiger partial charge < -0.3 is 30.2 Å². The predicted molar refractivity (Wildman–Crippen MR) is 174 cm³/mol. The Bertz CT molecular complexity index is 1790. The maximum absolute atomic E-state index is 13.2. The molecule has 46 heavy (non-hydrogen) atoms. The molecule has 2 fully saturated rings. The number of anilines is 2. The molecule has 1 atom stereocenters. The summed E-state index contributed by atoms with van der Waals surface area (Å²) in [5, 5.41) is 20.7. The second-order valence-corrected chi connectivity index (χ2v) is 11.6. The number of nitrogens with zero attached hydrogens (tertiary/aromatic N) is 2. The number of benzene rings is 3. The average Bonchev–Trinajstić information content (AvgIpc) is 3.58. The van der Waals surface area contributed by atoms with E-state index in [4.69, 9.17) is 25.8 Å². The van der Waals surface area contributed by atoms with Crippen molar-refractivity contribution in [2.24, 2.45) is 0 Å². The van der Waals surface area contributed by atoms with Gasteiger partial charge in [0.05, 0.1) is 35.0 Å². The summed E-state index contributed by atoms with van der Waals surface area (Å²) < 4.78 is 30.9. The van der Waals surface area contributed by atoms with Gasteiger partial charge in [0.2, 0.25) is 5.91 Å². The van der Waals surface area contributed by atoms with Crippen LogP contribution in [0, 0.1) is 17.1 Å². The van der Waals surface area contributed by atoms with Crippen LogP contribution in [0.15, 0.2) is 72.4 Å². The highest BCUT2D eigenvalue weighted by Gasteiger charge is 2.21. The molecule has 9 nitrogen and oxygen atoms in total. The summed E-state index contributed by atoms with van der Waals surface area (Å²) >= 11 is 6.57. The van der Waals surface area contributed by atoms with Gasteiger partial charge in [-0.3, -0.25) is 9.78 Å². The molecule has 0 radical (unpaired) electrons. The number of halogens is 2. The number of amides is 1. The van der Waals surface area contributed by atoms with E-state index >= 15 is 0 Å². The van der Waals surface area contributed by atoms with E-state index in [-0.39, 0.29) is 31.0 Å². The number of rotatable bonds is 10. The molecule has 3 heterocycles. The number of carbonyl (C=O) groups excluding carboxylic acids is 1. The Morgan fingerprint density at radius 1 is 1.15 bits per heavy atom. The first kappa shape index (κ1) is 31.3. The molecule has 0 spiro atoms. The number of ether oxygens (including phenoxy) is 3.